The van der Waals surface area contributed by atoms with Gasteiger partial charge in [0, 0.05) is 19.2 Å². The Morgan fingerprint density at radius 1 is 1.33 bits per heavy atom. The second-order valence-electron chi connectivity index (χ2n) is 6.83. The number of benzene rings is 1. The molecule has 0 radical (unpaired) electrons. The van der Waals surface area contributed by atoms with E-state index < -0.39 is 0 Å². The van der Waals surface area contributed by atoms with E-state index in [0.717, 1.165) is 36.3 Å². The Hall–Kier alpha value is -2.12. The van der Waals surface area contributed by atoms with Crippen molar-refractivity contribution < 1.29 is 9.53 Å². The molecule has 3 rings (SSSR count). The monoisotopic (exact) mass is 387 g/mol. The van der Waals surface area contributed by atoms with Gasteiger partial charge >= 0.3 is 0 Å². The van der Waals surface area contributed by atoms with Crippen molar-refractivity contribution in [3.05, 3.63) is 51.8 Å². The molecule has 1 aliphatic rings. The topological polar surface area (TPSA) is 73.2 Å². The first-order valence-electron chi connectivity index (χ1n) is 9.18. The van der Waals surface area contributed by atoms with Crippen LogP contribution in [0.15, 0.2) is 40.2 Å². The molecule has 2 atom stereocenters. The van der Waals surface area contributed by atoms with Crippen molar-refractivity contribution in [2.24, 2.45) is 0 Å². The third-order valence-electron chi connectivity index (χ3n) is 4.71. The molecule has 1 saturated heterocycles. The molecule has 2 heterocycles. The molecule has 0 saturated carbocycles. The number of hydrogen-bond donors (Lipinski definition) is 1. The average Bonchev–Trinajstić information content (AvgIpc) is 3.17. The van der Waals surface area contributed by atoms with E-state index in [1.165, 1.54) is 22.5 Å². The van der Waals surface area contributed by atoms with Crippen LogP contribution in [0, 0.1) is 13.8 Å². The van der Waals surface area contributed by atoms with Gasteiger partial charge in [0.05, 0.1) is 17.0 Å². The summed E-state index contributed by atoms with van der Waals surface area (Å²) in [6, 6.07) is 8.94. The number of amides is 1. The van der Waals surface area contributed by atoms with Crippen molar-refractivity contribution in [3.63, 3.8) is 0 Å². The minimum atomic E-state index is -0.315. The van der Waals surface area contributed by atoms with Crippen LogP contribution in [-0.2, 0) is 9.53 Å². The Balaban J connectivity index is 1.68. The number of ether oxygens (including phenoxy) is 1. The lowest BCUT2D eigenvalue weighted by atomic mass is 10.1. The van der Waals surface area contributed by atoms with Crippen molar-refractivity contribution in [1.29, 1.82) is 0 Å². The molecule has 1 aromatic heterocycles. The predicted octanol–water partition coefficient (Wildman–Crippen LogP) is 2.63. The van der Waals surface area contributed by atoms with Crippen LogP contribution in [0.2, 0.25) is 0 Å². The second-order valence-corrected chi connectivity index (χ2v) is 8.19. The molecule has 0 bridgehead atoms. The normalized spacial score (nSPS) is 17.7. The maximum absolute atomic E-state index is 12.3. The van der Waals surface area contributed by atoms with Crippen molar-refractivity contribution >= 4 is 17.7 Å². The van der Waals surface area contributed by atoms with Gasteiger partial charge in [-0.2, -0.15) is 9.78 Å². The molecule has 6 nitrogen and oxygen atoms in total. The first-order chi connectivity index (χ1) is 12.9. The third-order valence-corrected chi connectivity index (χ3v) is 5.73. The molecular formula is C20H25N3O3S. The van der Waals surface area contributed by atoms with Crippen LogP contribution in [0.4, 0.5) is 0 Å². The highest BCUT2D eigenvalue weighted by Gasteiger charge is 2.20. The zero-order valence-corrected chi connectivity index (χ0v) is 16.7. The van der Waals surface area contributed by atoms with Crippen molar-refractivity contribution in [3.8, 4) is 5.69 Å². The van der Waals surface area contributed by atoms with Crippen LogP contribution in [0.25, 0.3) is 5.69 Å². The molecule has 1 aliphatic heterocycles. The largest absolute Gasteiger partial charge is 0.376 e. The van der Waals surface area contributed by atoms with Crippen molar-refractivity contribution in [2.75, 3.05) is 13.2 Å². The number of aromatic nitrogens is 2. The van der Waals surface area contributed by atoms with Crippen molar-refractivity contribution in [1.82, 2.24) is 15.1 Å². The lowest BCUT2D eigenvalue weighted by Crippen LogP contribution is -2.36. The molecule has 2 aromatic rings. The summed E-state index contributed by atoms with van der Waals surface area (Å²) in [5.41, 5.74) is 2.79. The van der Waals surface area contributed by atoms with E-state index in [2.05, 4.69) is 10.4 Å². The zero-order valence-electron chi connectivity index (χ0n) is 15.9. The lowest BCUT2D eigenvalue weighted by Gasteiger charge is -2.15. The van der Waals surface area contributed by atoms with Gasteiger partial charge in [-0.3, -0.25) is 9.59 Å². The maximum Gasteiger partial charge on any atom is 0.271 e. The molecule has 7 heteroatoms. The minimum absolute atomic E-state index is 0.0544. The summed E-state index contributed by atoms with van der Waals surface area (Å²) in [6.45, 7) is 7.18. The Labute approximate surface area is 163 Å². The SMILES string of the molecule is Cc1ccc(-n2nc(S[C@@H](C)C(=O)NC[C@H]3CCCO3)ccc2=O)cc1C. The predicted molar refractivity (Wildman–Crippen MR) is 107 cm³/mol. The molecule has 0 spiro atoms. The number of nitrogens with zero attached hydrogens (tertiary/aromatic N) is 2. The molecule has 1 fully saturated rings. The minimum Gasteiger partial charge on any atom is -0.376 e. The highest BCUT2D eigenvalue weighted by Crippen LogP contribution is 2.21. The Morgan fingerprint density at radius 2 is 2.15 bits per heavy atom. The molecule has 144 valence electrons. The van der Waals surface area contributed by atoms with Crippen LogP contribution in [0.3, 0.4) is 0 Å². The fourth-order valence-corrected chi connectivity index (χ4v) is 3.73. The number of aryl methyl sites for hydroxylation is 2. The van der Waals surface area contributed by atoms with Crippen LogP contribution < -0.4 is 10.9 Å². The number of carbonyl (C=O) groups is 1. The van der Waals surface area contributed by atoms with Gasteiger partial charge in [0.1, 0.15) is 5.03 Å². The number of carbonyl (C=O) groups excluding carboxylic acids is 1. The van der Waals surface area contributed by atoms with Gasteiger partial charge in [-0.15, -0.1) is 0 Å². The fourth-order valence-electron chi connectivity index (χ4n) is 2.90. The van der Waals surface area contributed by atoms with E-state index in [0.29, 0.717) is 11.6 Å². The second kappa shape index (κ2) is 8.71. The van der Waals surface area contributed by atoms with E-state index in [-0.39, 0.29) is 22.8 Å². The third kappa shape index (κ3) is 4.99. The summed E-state index contributed by atoms with van der Waals surface area (Å²) in [5, 5.41) is 7.69. The van der Waals surface area contributed by atoms with Crippen LogP contribution in [-0.4, -0.2) is 40.2 Å². The van der Waals surface area contributed by atoms with Gasteiger partial charge < -0.3 is 10.1 Å². The fraction of sp³-hybridized carbons (Fsp3) is 0.450. The average molecular weight is 388 g/mol. The summed E-state index contributed by atoms with van der Waals surface area (Å²) in [4.78, 5) is 24.6. The highest BCUT2D eigenvalue weighted by molar-refractivity contribution is 8.00. The Morgan fingerprint density at radius 3 is 2.85 bits per heavy atom. The van der Waals surface area contributed by atoms with E-state index in [9.17, 15) is 9.59 Å². The number of nitrogens with one attached hydrogen (secondary N) is 1. The van der Waals surface area contributed by atoms with Gasteiger partial charge in [-0.1, -0.05) is 17.8 Å². The van der Waals surface area contributed by atoms with Gasteiger partial charge in [-0.05, 0) is 62.9 Å². The van der Waals surface area contributed by atoms with Gasteiger partial charge in [0.25, 0.3) is 5.56 Å². The molecule has 1 aromatic carbocycles. The molecule has 1 N–H and O–H groups in total. The quantitative estimate of drug-likeness (QED) is 0.772. The standard InChI is InChI=1S/C20H25N3O3S/c1-13-6-7-16(11-14(13)2)23-19(24)9-8-18(22-23)27-15(3)20(25)21-12-17-5-4-10-26-17/h6-9,11,15,17H,4-5,10,12H2,1-3H3,(H,21,25)/t15-,17+/m0/s1. The molecule has 27 heavy (non-hydrogen) atoms. The first kappa shape index (κ1) is 19.6. The van der Waals surface area contributed by atoms with Gasteiger partial charge in [-0.25, -0.2) is 0 Å². The molecule has 0 unspecified atom stereocenters. The Bertz CT molecular complexity index is 875. The maximum atomic E-state index is 12.3. The smallest absolute Gasteiger partial charge is 0.271 e. The number of hydrogen-bond acceptors (Lipinski definition) is 5. The van der Waals surface area contributed by atoms with Gasteiger partial charge in [0.2, 0.25) is 5.91 Å². The molecule has 0 aliphatic carbocycles. The van der Waals surface area contributed by atoms with Crippen LogP contribution in [0.5, 0.6) is 0 Å². The summed E-state index contributed by atoms with van der Waals surface area (Å²) in [6.07, 6.45) is 2.16. The Kier molecular flexibility index (Phi) is 6.34. The zero-order chi connectivity index (χ0) is 19.4. The molecular weight excluding hydrogens is 362 g/mol. The summed E-state index contributed by atoms with van der Waals surface area (Å²) < 4.78 is 6.91. The summed E-state index contributed by atoms with van der Waals surface area (Å²) >= 11 is 1.34. The summed E-state index contributed by atoms with van der Waals surface area (Å²) in [7, 11) is 0. The van der Waals surface area contributed by atoms with E-state index in [4.69, 9.17) is 4.74 Å². The number of rotatable bonds is 6. The lowest BCUT2D eigenvalue weighted by molar-refractivity contribution is -0.120. The van der Waals surface area contributed by atoms with E-state index in [1.54, 1.807) is 6.07 Å². The molecule has 1 amide bonds. The first-order valence-corrected chi connectivity index (χ1v) is 10.1. The van der Waals surface area contributed by atoms with Crippen LogP contribution >= 0.6 is 11.8 Å². The van der Waals surface area contributed by atoms with E-state index >= 15 is 0 Å². The highest BCUT2D eigenvalue weighted by atomic mass is 32.2. The van der Waals surface area contributed by atoms with Crippen LogP contribution in [0.1, 0.15) is 30.9 Å². The summed E-state index contributed by atoms with van der Waals surface area (Å²) in [5.74, 6) is -0.0544. The number of thioether (sulfide) groups is 1. The van der Waals surface area contributed by atoms with E-state index in [1.807, 2.05) is 39.0 Å². The van der Waals surface area contributed by atoms with Crippen molar-refractivity contribution in [2.45, 2.75) is 50.0 Å². The van der Waals surface area contributed by atoms with Gasteiger partial charge in [0.15, 0.2) is 0 Å².